The maximum Gasteiger partial charge on any atom is 0.345 e. The second-order valence-corrected chi connectivity index (χ2v) is 16.8. The molecule has 8 rings (SSSR count). The fraction of sp³-hybridized carbons (Fsp3) is 0.457. The maximum absolute atomic E-state index is 13.6. The first kappa shape index (κ1) is 36.3. The third-order valence-electron chi connectivity index (χ3n) is 13.9. The van der Waals surface area contributed by atoms with Crippen LogP contribution in [0.5, 0.6) is 5.75 Å². The number of nitrogens with one attached hydrogen (secondary N) is 1. The number of carbonyl (C=O) groups excluding carboxylic acids is 4. The third-order valence-corrected chi connectivity index (χ3v) is 13.9. The van der Waals surface area contributed by atoms with Crippen LogP contribution in [0.2, 0.25) is 0 Å². The lowest BCUT2D eigenvalue weighted by atomic mass is 9.46. The molecule has 1 amide bonds. The number of benzene rings is 3. The molecule has 3 saturated carbocycles. The van der Waals surface area contributed by atoms with Gasteiger partial charge in [-0.05, 0) is 116 Å². The normalized spacial score (nSPS) is 28.9. The summed E-state index contributed by atoms with van der Waals surface area (Å²) >= 11 is 0. The van der Waals surface area contributed by atoms with E-state index >= 15 is 0 Å². The van der Waals surface area contributed by atoms with Crippen LogP contribution in [0.25, 0.3) is 21.8 Å². The molecule has 2 unspecified atom stereocenters. The van der Waals surface area contributed by atoms with Crippen molar-refractivity contribution in [2.45, 2.75) is 78.2 Å². The predicted molar refractivity (Wildman–Crippen MR) is 207 cm³/mol. The minimum absolute atomic E-state index is 0.0254. The van der Waals surface area contributed by atoms with Crippen LogP contribution in [0.1, 0.15) is 81.6 Å². The molecule has 1 heterocycles. The van der Waals surface area contributed by atoms with E-state index in [-0.39, 0.29) is 52.9 Å². The number of aryl methyl sites for hydroxylation is 1. The van der Waals surface area contributed by atoms with Crippen molar-refractivity contribution >= 4 is 45.2 Å². The number of amides is 1. The highest BCUT2D eigenvalue weighted by molar-refractivity contribution is 6.13. The van der Waals surface area contributed by atoms with Gasteiger partial charge >= 0.3 is 5.97 Å². The van der Waals surface area contributed by atoms with Crippen LogP contribution in [0.3, 0.4) is 0 Å². The molecule has 4 aliphatic carbocycles. The minimum atomic E-state index is -0.409. The molecule has 7 atom stereocenters. The van der Waals surface area contributed by atoms with Gasteiger partial charge in [-0.1, -0.05) is 55.8 Å². The summed E-state index contributed by atoms with van der Waals surface area (Å²) in [4.78, 5) is 52.2. The SMILES string of the molecule is CC(=O)[C@H]1CC[C@H]2[C@@H]3CCC4=CC(=O)CC[C@]4(C)C3C(OCC(=O)NCCc3ccc(OC(=O)c4c5ccccc5[n+](C)c5ccccc45)cc3)C[C@]12C. The lowest BCUT2D eigenvalue weighted by molar-refractivity contribution is -0.617. The van der Waals surface area contributed by atoms with Crippen LogP contribution in [0.15, 0.2) is 84.4 Å². The Bertz CT molecular complexity index is 2130. The van der Waals surface area contributed by atoms with Crippen molar-refractivity contribution in [1.82, 2.24) is 5.32 Å². The van der Waals surface area contributed by atoms with Gasteiger partial charge < -0.3 is 14.8 Å². The Hall–Kier alpha value is -4.69. The van der Waals surface area contributed by atoms with Crippen molar-refractivity contribution in [3.8, 4) is 5.75 Å². The summed E-state index contributed by atoms with van der Waals surface area (Å²) in [6.07, 6.45) is 8.41. The Balaban J connectivity index is 0.903. The highest BCUT2D eigenvalue weighted by Gasteiger charge is 2.63. The molecule has 54 heavy (non-hydrogen) atoms. The molecule has 4 aliphatic rings. The van der Waals surface area contributed by atoms with Crippen molar-refractivity contribution in [2.24, 2.45) is 41.5 Å². The highest BCUT2D eigenvalue weighted by Crippen LogP contribution is 2.67. The van der Waals surface area contributed by atoms with Gasteiger partial charge in [-0.2, -0.15) is 4.57 Å². The number of pyridine rings is 1. The summed E-state index contributed by atoms with van der Waals surface area (Å²) in [5.41, 5.74) is 4.42. The summed E-state index contributed by atoms with van der Waals surface area (Å²) < 4.78 is 14.6. The number of aromatic nitrogens is 1. The van der Waals surface area contributed by atoms with Crippen LogP contribution < -0.4 is 14.6 Å². The molecule has 280 valence electrons. The Morgan fingerprint density at radius 1 is 0.889 bits per heavy atom. The van der Waals surface area contributed by atoms with Gasteiger partial charge in [0.15, 0.2) is 5.78 Å². The molecule has 3 fully saturated rings. The summed E-state index contributed by atoms with van der Waals surface area (Å²) in [6, 6.07) is 23.1. The van der Waals surface area contributed by atoms with Gasteiger partial charge in [-0.3, -0.25) is 14.4 Å². The molecular formula is C46H51N2O6+. The van der Waals surface area contributed by atoms with Crippen LogP contribution in [0.4, 0.5) is 0 Å². The van der Waals surface area contributed by atoms with E-state index in [4.69, 9.17) is 9.47 Å². The first-order valence-corrected chi connectivity index (χ1v) is 19.7. The van der Waals surface area contributed by atoms with E-state index in [0.717, 1.165) is 65.9 Å². The highest BCUT2D eigenvalue weighted by atomic mass is 16.5. The second-order valence-electron chi connectivity index (χ2n) is 16.8. The Morgan fingerprint density at radius 2 is 1.57 bits per heavy atom. The van der Waals surface area contributed by atoms with E-state index in [9.17, 15) is 19.2 Å². The van der Waals surface area contributed by atoms with Crippen molar-refractivity contribution in [3.05, 3.63) is 95.6 Å². The van der Waals surface area contributed by atoms with Gasteiger partial charge in [0.2, 0.25) is 16.9 Å². The number of esters is 1. The van der Waals surface area contributed by atoms with Crippen LogP contribution in [-0.4, -0.2) is 42.7 Å². The standard InChI is InChI=1S/C46H50N2O6/c1-28(49)36-19-20-37-33-18-15-30-25-31(50)21-23-45(30,2)43(33)40(26-46(36,37)3)53-27-41(51)47-24-22-29-13-16-32(17-14-29)54-44(52)42-34-9-5-7-11-38(34)48(4)39-12-8-6-10-35(39)42/h5-14,16-17,25,33,36-37,40,43H,15,18-24,26-27H2,1-4H3/p+1/t33-,36+,37-,40?,43?,45-,46+/m0/s1. The molecule has 0 aliphatic heterocycles. The third kappa shape index (κ3) is 6.26. The maximum atomic E-state index is 13.6. The van der Waals surface area contributed by atoms with Gasteiger partial charge in [0, 0.05) is 31.0 Å². The van der Waals surface area contributed by atoms with Crippen molar-refractivity contribution < 1.29 is 33.2 Å². The number of fused-ring (bicyclic) bond motifs is 7. The molecule has 8 nitrogen and oxygen atoms in total. The van der Waals surface area contributed by atoms with E-state index in [1.165, 1.54) is 5.57 Å². The minimum Gasteiger partial charge on any atom is -0.423 e. The monoisotopic (exact) mass is 727 g/mol. The number of Topliss-reactive ketones (excluding diaryl/α,β-unsaturated/α-hetero) is 1. The number of carbonyl (C=O) groups is 4. The number of nitrogens with zero attached hydrogens (tertiary/aromatic N) is 1. The van der Waals surface area contributed by atoms with Crippen molar-refractivity contribution in [1.29, 1.82) is 0 Å². The molecule has 3 aromatic carbocycles. The average Bonchev–Trinajstić information content (AvgIpc) is 3.52. The quantitative estimate of drug-likeness (QED) is 0.0834. The van der Waals surface area contributed by atoms with Crippen molar-refractivity contribution in [2.75, 3.05) is 13.2 Å². The van der Waals surface area contributed by atoms with Gasteiger partial charge in [-0.25, -0.2) is 4.79 Å². The first-order valence-electron chi connectivity index (χ1n) is 19.7. The molecule has 1 aromatic heterocycles. The van der Waals surface area contributed by atoms with E-state index in [0.29, 0.717) is 42.5 Å². The molecule has 4 aromatic rings. The van der Waals surface area contributed by atoms with E-state index < -0.39 is 5.97 Å². The number of para-hydroxylation sites is 2. The molecule has 0 bridgehead atoms. The topological polar surface area (TPSA) is 103 Å². The number of allylic oxidation sites excluding steroid dienone is 1. The summed E-state index contributed by atoms with van der Waals surface area (Å²) in [6.45, 7) is 6.74. The van der Waals surface area contributed by atoms with E-state index in [2.05, 4.69) is 23.7 Å². The number of hydrogen-bond donors (Lipinski definition) is 1. The predicted octanol–water partition coefficient (Wildman–Crippen LogP) is 7.43. The largest absolute Gasteiger partial charge is 0.423 e. The van der Waals surface area contributed by atoms with Crippen LogP contribution in [-0.2, 0) is 32.6 Å². The molecule has 0 saturated heterocycles. The zero-order valence-electron chi connectivity index (χ0n) is 31.9. The second kappa shape index (κ2) is 14.2. The molecular weight excluding hydrogens is 677 g/mol. The zero-order valence-corrected chi connectivity index (χ0v) is 31.9. The molecule has 8 heteroatoms. The van der Waals surface area contributed by atoms with E-state index in [1.54, 1.807) is 19.1 Å². The fourth-order valence-corrected chi connectivity index (χ4v) is 11.4. The fourth-order valence-electron chi connectivity index (χ4n) is 11.4. The number of ether oxygens (including phenoxy) is 2. The van der Waals surface area contributed by atoms with Gasteiger partial charge in [0.1, 0.15) is 25.2 Å². The Labute approximate surface area is 317 Å². The summed E-state index contributed by atoms with van der Waals surface area (Å²) in [5.74, 6) is 1.48. The molecule has 0 radical (unpaired) electrons. The Morgan fingerprint density at radius 3 is 2.26 bits per heavy atom. The summed E-state index contributed by atoms with van der Waals surface area (Å²) in [7, 11) is 2.00. The lowest BCUT2D eigenvalue weighted by Gasteiger charge is -2.60. The van der Waals surface area contributed by atoms with Gasteiger partial charge in [0.05, 0.1) is 22.4 Å². The number of ketones is 2. The van der Waals surface area contributed by atoms with Gasteiger partial charge in [0.25, 0.3) is 0 Å². The summed E-state index contributed by atoms with van der Waals surface area (Å²) in [5, 5.41) is 4.71. The first-order chi connectivity index (χ1) is 26.0. The van der Waals surface area contributed by atoms with E-state index in [1.807, 2.05) is 73.8 Å². The lowest BCUT2D eigenvalue weighted by Crippen LogP contribution is -2.58. The molecule has 0 spiro atoms. The van der Waals surface area contributed by atoms with Crippen molar-refractivity contribution in [3.63, 3.8) is 0 Å². The smallest absolute Gasteiger partial charge is 0.345 e. The zero-order chi connectivity index (χ0) is 37.8. The Kier molecular flexibility index (Phi) is 9.53. The average molecular weight is 728 g/mol. The van der Waals surface area contributed by atoms with Gasteiger partial charge in [-0.15, -0.1) is 0 Å². The molecule has 1 N–H and O–H groups in total. The van der Waals surface area contributed by atoms with Crippen LogP contribution in [0, 0.1) is 34.5 Å². The number of rotatable bonds is 9. The number of hydrogen-bond acceptors (Lipinski definition) is 6. The van der Waals surface area contributed by atoms with Crippen LogP contribution >= 0.6 is 0 Å².